The number of carbonyl (C=O) groups is 1. The SMILES string of the molecule is CC(C)Oc1ccc(-c2nn(-c3ccccc3)cc2/C=C2\SC(=S)N(CCc3ccccc3)C2=O)cc1. The van der Waals surface area contributed by atoms with Crippen LogP contribution >= 0.6 is 24.0 Å². The summed E-state index contributed by atoms with van der Waals surface area (Å²) in [6.07, 6.45) is 4.72. The van der Waals surface area contributed by atoms with Gasteiger partial charge in [-0.15, -0.1) is 0 Å². The Morgan fingerprint density at radius 2 is 1.65 bits per heavy atom. The van der Waals surface area contributed by atoms with Gasteiger partial charge >= 0.3 is 0 Å². The lowest BCUT2D eigenvalue weighted by Crippen LogP contribution is -2.30. The Hall–Kier alpha value is -3.68. The molecular weight excluding hydrogens is 498 g/mol. The molecule has 5 rings (SSSR count). The lowest BCUT2D eigenvalue weighted by atomic mass is 10.1. The Labute approximate surface area is 226 Å². The molecule has 0 radical (unpaired) electrons. The van der Waals surface area contributed by atoms with Crippen LogP contribution in [0.3, 0.4) is 0 Å². The van der Waals surface area contributed by atoms with E-state index >= 15 is 0 Å². The fourth-order valence-electron chi connectivity index (χ4n) is 4.11. The molecule has 1 aliphatic rings. The van der Waals surface area contributed by atoms with E-state index in [2.05, 4.69) is 12.1 Å². The van der Waals surface area contributed by atoms with Crippen molar-refractivity contribution in [2.24, 2.45) is 0 Å². The van der Waals surface area contributed by atoms with Crippen molar-refractivity contribution in [2.75, 3.05) is 6.54 Å². The molecule has 0 unspecified atom stereocenters. The molecule has 0 atom stereocenters. The summed E-state index contributed by atoms with van der Waals surface area (Å²) in [5.41, 5.74) is 4.70. The van der Waals surface area contributed by atoms with Gasteiger partial charge in [0.15, 0.2) is 0 Å². The quantitative estimate of drug-likeness (QED) is 0.188. The smallest absolute Gasteiger partial charge is 0.266 e. The predicted octanol–water partition coefficient (Wildman–Crippen LogP) is 6.77. The summed E-state index contributed by atoms with van der Waals surface area (Å²) in [4.78, 5) is 15.6. The van der Waals surface area contributed by atoms with Gasteiger partial charge in [-0.1, -0.05) is 72.5 Å². The first-order valence-corrected chi connectivity index (χ1v) is 13.4. The second kappa shape index (κ2) is 11.2. The van der Waals surface area contributed by atoms with Crippen LogP contribution in [0.15, 0.2) is 96.0 Å². The van der Waals surface area contributed by atoms with Crippen molar-refractivity contribution >= 4 is 40.3 Å². The molecule has 1 aliphatic heterocycles. The second-order valence-electron chi connectivity index (χ2n) is 8.97. The molecule has 0 N–H and O–H groups in total. The maximum atomic E-state index is 13.3. The van der Waals surface area contributed by atoms with Gasteiger partial charge in [-0.05, 0) is 68.3 Å². The molecule has 0 spiro atoms. The third-order valence-electron chi connectivity index (χ3n) is 5.89. The maximum Gasteiger partial charge on any atom is 0.266 e. The van der Waals surface area contributed by atoms with Crippen molar-refractivity contribution in [3.8, 4) is 22.7 Å². The van der Waals surface area contributed by atoms with E-state index in [1.165, 1.54) is 17.3 Å². The number of hydrogen-bond donors (Lipinski definition) is 0. The molecule has 1 aromatic heterocycles. The van der Waals surface area contributed by atoms with Crippen molar-refractivity contribution in [2.45, 2.75) is 26.4 Å². The van der Waals surface area contributed by atoms with Gasteiger partial charge in [-0.25, -0.2) is 4.68 Å². The van der Waals surface area contributed by atoms with Gasteiger partial charge in [-0.3, -0.25) is 9.69 Å². The van der Waals surface area contributed by atoms with Crippen molar-refractivity contribution in [3.63, 3.8) is 0 Å². The van der Waals surface area contributed by atoms with E-state index in [1.807, 2.05) is 104 Å². The summed E-state index contributed by atoms with van der Waals surface area (Å²) in [5, 5.41) is 4.89. The monoisotopic (exact) mass is 525 g/mol. The molecule has 0 saturated carbocycles. The van der Waals surface area contributed by atoms with E-state index in [1.54, 1.807) is 4.90 Å². The topological polar surface area (TPSA) is 47.4 Å². The van der Waals surface area contributed by atoms with Gasteiger partial charge in [0.2, 0.25) is 0 Å². The molecule has 3 aromatic carbocycles. The highest BCUT2D eigenvalue weighted by atomic mass is 32.2. The molecule has 186 valence electrons. The fourth-order valence-corrected chi connectivity index (χ4v) is 5.41. The molecule has 1 amide bonds. The third kappa shape index (κ3) is 5.84. The fraction of sp³-hybridized carbons (Fsp3) is 0.167. The van der Waals surface area contributed by atoms with Crippen LogP contribution in [0.4, 0.5) is 0 Å². The van der Waals surface area contributed by atoms with Gasteiger partial charge in [-0.2, -0.15) is 5.10 Å². The number of rotatable bonds is 8. The van der Waals surface area contributed by atoms with Crippen LogP contribution in [0.2, 0.25) is 0 Å². The molecule has 4 aromatic rings. The Kier molecular flexibility index (Phi) is 7.53. The summed E-state index contributed by atoms with van der Waals surface area (Å²) < 4.78 is 8.23. The zero-order valence-electron chi connectivity index (χ0n) is 20.7. The Balaban J connectivity index is 1.46. The Morgan fingerprint density at radius 3 is 2.32 bits per heavy atom. The molecule has 1 fully saturated rings. The summed E-state index contributed by atoms with van der Waals surface area (Å²) >= 11 is 6.92. The molecule has 2 heterocycles. The van der Waals surface area contributed by atoms with Crippen molar-refractivity contribution in [1.82, 2.24) is 14.7 Å². The molecule has 5 nitrogen and oxygen atoms in total. The highest BCUT2D eigenvalue weighted by Gasteiger charge is 2.32. The average molecular weight is 526 g/mol. The number of benzene rings is 3. The zero-order chi connectivity index (χ0) is 25.8. The number of aromatic nitrogens is 2. The molecule has 7 heteroatoms. The number of para-hydroxylation sites is 1. The lowest BCUT2D eigenvalue weighted by molar-refractivity contribution is -0.122. The average Bonchev–Trinajstić information content (AvgIpc) is 3.44. The van der Waals surface area contributed by atoms with Crippen molar-refractivity contribution in [1.29, 1.82) is 0 Å². The van der Waals surface area contributed by atoms with E-state index in [0.29, 0.717) is 15.8 Å². The van der Waals surface area contributed by atoms with Crippen LogP contribution in [0.25, 0.3) is 23.0 Å². The second-order valence-corrected chi connectivity index (χ2v) is 10.6. The highest BCUT2D eigenvalue weighted by molar-refractivity contribution is 8.26. The van der Waals surface area contributed by atoms with Gasteiger partial charge in [0.1, 0.15) is 10.1 Å². The van der Waals surface area contributed by atoms with Crippen molar-refractivity contribution < 1.29 is 9.53 Å². The summed E-state index contributed by atoms with van der Waals surface area (Å²) in [5.74, 6) is 0.743. The predicted molar refractivity (Wildman–Crippen MR) is 155 cm³/mol. The first-order chi connectivity index (χ1) is 18.0. The normalized spacial score (nSPS) is 14.7. The number of carbonyl (C=O) groups excluding carboxylic acids is 1. The number of thiocarbonyl (C=S) groups is 1. The van der Waals surface area contributed by atoms with Crippen LogP contribution < -0.4 is 4.74 Å². The van der Waals surface area contributed by atoms with Gasteiger partial charge in [0.05, 0.1) is 22.4 Å². The van der Waals surface area contributed by atoms with Crippen LogP contribution in [0.5, 0.6) is 5.75 Å². The van der Waals surface area contributed by atoms with Crippen LogP contribution in [-0.4, -0.2) is 37.6 Å². The number of amides is 1. The lowest BCUT2D eigenvalue weighted by Gasteiger charge is -2.14. The van der Waals surface area contributed by atoms with Crippen LogP contribution in [0, 0.1) is 0 Å². The number of hydrogen-bond acceptors (Lipinski definition) is 5. The van der Waals surface area contributed by atoms with Gasteiger partial charge < -0.3 is 4.74 Å². The molecular formula is C30H27N3O2S2. The summed E-state index contributed by atoms with van der Waals surface area (Å²) in [6.45, 7) is 4.56. The molecule has 37 heavy (non-hydrogen) atoms. The molecule has 1 saturated heterocycles. The Morgan fingerprint density at radius 1 is 0.973 bits per heavy atom. The Bertz CT molecular complexity index is 1430. The number of nitrogens with zero attached hydrogens (tertiary/aromatic N) is 3. The van der Waals surface area contributed by atoms with Gasteiger partial charge in [0.25, 0.3) is 5.91 Å². The minimum absolute atomic E-state index is 0.0648. The van der Waals surface area contributed by atoms with Gasteiger partial charge in [0, 0.05) is 23.9 Å². The number of thioether (sulfide) groups is 1. The third-order valence-corrected chi connectivity index (χ3v) is 7.27. The van der Waals surface area contributed by atoms with Crippen molar-refractivity contribution in [3.05, 3.63) is 107 Å². The molecule has 0 aliphatic carbocycles. The highest BCUT2D eigenvalue weighted by Crippen LogP contribution is 2.35. The van der Waals surface area contributed by atoms with Crippen LogP contribution in [0.1, 0.15) is 25.0 Å². The van der Waals surface area contributed by atoms with E-state index in [9.17, 15) is 4.79 Å². The minimum Gasteiger partial charge on any atom is -0.491 e. The van der Waals surface area contributed by atoms with E-state index in [0.717, 1.165) is 34.7 Å². The summed E-state index contributed by atoms with van der Waals surface area (Å²) in [6, 6.07) is 28.0. The zero-order valence-corrected chi connectivity index (χ0v) is 22.3. The molecule has 0 bridgehead atoms. The standard InChI is InChI=1S/C30H27N3O2S2/c1-21(2)35-26-15-13-23(14-16-26)28-24(20-33(31-28)25-11-7-4-8-12-25)19-27-29(34)32(30(36)37-27)18-17-22-9-5-3-6-10-22/h3-16,19-21H,17-18H2,1-2H3/b27-19-. The first kappa shape index (κ1) is 25.0. The number of ether oxygens (including phenoxy) is 1. The van der Waals surface area contributed by atoms with Crippen LogP contribution in [-0.2, 0) is 11.2 Å². The summed E-state index contributed by atoms with van der Waals surface area (Å²) in [7, 11) is 0. The largest absolute Gasteiger partial charge is 0.491 e. The van der Waals surface area contributed by atoms with E-state index < -0.39 is 0 Å². The first-order valence-electron chi connectivity index (χ1n) is 12.2. The maximum absolute atomic E-state index is 13.3. The van der Waals surface area contributed by atoms with E-state index in [4.69, 9.17) is 22.1 Å². The van der Waals surface area contributed by atoms with E-state index in [-0.39, 0.29) is 12.0 Å². The minimum atomic E-state index is -0.0648.